The van der Waals surface area contributed by atoms with Crippen molar-refractivity contribution in [3.63, 3.8) is 0 Å². The zero-order valence-corrected chi connectivity index (χ0v) is 10.4. The van der Waals surface area contributed by atoms with Crippen molar-refractivity contribution < 1.29 is 0 Å². The van der Waals surface area contributed by atoms with E-state index >= 15 is 0 Å². The molecule has 0 saturated heterocycles. The van der Waals surface area contributed by atoms with Crippen molar-refractivity contribution in [2.45, 2.75) is 45.7 Å². The Bertz CT molecular complexity index is 199. The van der Waals surface area contributed by atoms with Gasteiger partial charge in [-0.3, -0.25) is 0 Å². The summed E-state index contributed by atoms with van der Waals surface area (Å²) in [5, 5.41) is 6.45. The molecule has 0 aliphatic heterocycles. The molecule has 0 heterocycles. The van der Waals surface area contributed by atoms with E-state index in [1.165, 1.54) is 0 Å². The van der Waals surface area contributed by atoms with E-state index in [2.05, 4.69) is 17.6 Å². The van der Waals surface area contributed by atoms with Crippen LogP contribution in [-0.2, 0) is 0 Å². The van der Waals surface area contributed by atoms with Crippen molar-refractivity contribution in [2.24, 2.45) is 11.5 Å². The van der Waals surface area contributed by atoms with E-state index in [-0.39, 0.29) is 12.1 Å². The molecule has 0 bridgehead atoms. The monoisotopic (exact) mass is 214 g/mol. The van der Waals surface area contributed by atoms with Gasteiger partial charge in [-0.2, -0.15) is 0 Å². The molecular weight excluding hydrogens is 188 g/mol. The summed E-state index contributed by atoms with van der Waals surface area (Å²) < 4.78 is 0. The minimum atomic E-state index is 0.0234. The van der Waals surface area contributed by atoms with Crippen LogP contribution in [0.25, 0.3) is 0 Å². The van der Waals surface area contributed by atoms with Crippen LogP contribution in [0.1, 0.15) is 33.6 Å². The van der Waals surface area contributed by atoms with Crippen molar-refractivity contribution in [1.29, 1.82) is 0 Å². The number of hydrogen-bond donors (Lipinski definition) is 4. The van der Waals surface area contributed by atoms with E-state index < -0.39 is 0 Å². The SMILES string of the molecule is CC[C@@H](N)CCN/C(=C(/C)NC)[C@H](C)N. The third-order valence-electron chi connectivity index (χ3n) is 2.59. The lowest BCUT2D eigenvalue weighted by atomic mass is 10.1. The molecule has 0 aromatic rings. The molecule has 90 valence electrons. The highest BCUT2D eigenvalue weighted by Gasteiger charge is 2.07. The first kappa shape index (κ1) is 14.3. The van der Waals surface area contributed by atoms with Crippen molar-refractivity contribution in [3.05, 3.63) is 11.4 Å². The Morgan fingerprint density at radius 2 is 1.93 bits per heavy atom. The molecule has 0 rings (SSSR count). The van der Waals surface area contributed by atoms with E-state index in [9.17, 15) is 0 Å². The molecular formula is C11H26N4. The van der Waals surface area contributed by atoms with Crippen LogP contribution in [0.2, 0.25) is 0 Å². The molecule has 4 nitrogen and oxygen atoms in total. The molecule has 0 spiro atoms. The average molecular weight is 214 g/mol. The molecule has 0 radical (unpaired) electrons. The topological polar surface area (TPSA) is 76.1 Å². The lowest BCUT2D eigenvalue weighted by Crippen LogP contribution is -2.34. The van der Waals surface area contributed by atoms with Gasteiger partial charge in [-0.1, -0.05) is 6.92 Å². The van der Waals surface area contributed by atoms with Gasteiger partial charge in [0.25, 0.3) is 0 Å². The second kappa shape index (κ2) is 7.54. The lowest BCUT2D eigenvalue weighted by molar-refractivity contribution is 0.559. The summed E-state index contributed by atoms with van der Waals surface area (Å²) in [7, 11) is 1.90. The summed E-state index contributed by atoms with van der Waals surface area (Å²) in [5.41, 5.74) is 13.9. The molecule has 6 N–H and O–H groups in total. The molecule has 0 aliphatic rings. The van der Waals surface area contributed by atoms with Gasteiger partial charge in [0, 0.05) is 37.1 Å². The van der Waals surface area contributed by atoms with Crippen LogP contribution >= 0.6 is 0 Å². The fraction of sp³-hybridized carbons (Fsp3) is 0.818. The summed E-state index contributed by atoms with van der Waals surface area (Å²) in [6.45, 7) is 6.98. The first-order valence-electron chi connectivity index (χ1n) is 5.66. The number of hydrogen-bond acceptors (Lipinski definition) is 4. The van der Waals surface area contributed by atoms with Crippen molar-refractivity contribution in [3.8, 4) is 0 Å². The smallest absolute Gasteiger partial charge is 0.0464 e. The minimum absolute atomic E-state index is 0.0234. The van der Waals surface area contributed by atoms with Crippen LogP contribution in [0, 0.1) is 0 Å². The number of nitrogens with one attached hydrogen (secondary N) is 2. The summed E-state index contributed by atoms with van der Waals surface area (Å²) in [5.74, 6) is 0. The van der Waals surface area contributed by atoms with Crippen LogP contribution in [0.3, 0.4) is 0 Å². The third-order valence-corrected chi connectivity index (χ3v) is 2.59. The predicted octanol–water partition coefficient (Wildman–Crippen LogP) is 0.502. The molecule has 0 saturated carbocycles. The van der Waals surface area contributed by atoms with Gasteiger partial charge in [0.15, 0.2) is 0 Å². The second-order valence-corrected chi connectivity index (χ2v) is 3.96. The minimum Gasteiger partial charge on any atom is -0.390 e. The Morgan fingerprint density at radius 1 is 1.33 bits per heavy atom. The first-order valence-corrected chi connectivity index (χ1v) is 5.66. The van der Waals surface area contributed by atoms with E-state index in [4.69, 9.17) is 11.5 Å². The van der Waals surface area contributed by atoms with Gasteiger partial charge < -0.3 is 22.1 Å². The van der Waals surface area contributed by atoms with Crippen LogP contribution < -0.4 is 22.1 Å². The van der Waals surface area contributed by atoms with Gasteiger partial charge in [0.2, 0.25) is 0 Å². The lowest BCUT2D eigenvalue weighted by Gasteiger charge is -2.19. The third kappa shape index (κ3) is 5.64. The highest BCUT2D eigenvalue weighted by atomic mass is 15.0. The fourth-order valence-electron chi connectivity index (χ4n) is 1.37. The van der Waals surface area contributed by atoms with Gasteiger partial charge in [-0.25, -0.2) is 0 Å². The van der Waals surface area contributed by atoms with E-state index in [0.717, 1.165) is 30.8 Å². The van der Waals surface area contributed by atoms with Crippen LogP contribution in [-0.4, -0.2) is 25.7 Å². The van der Waals surface area contributed by atoms with Gasteiger partial charge >= 0.3 is 0 Å². The Morgan fingerprint density at radius 3 is 2.33 bits per heavy atom. The highest BCUT2D eigenvalue weighted by molar-refractivity contribution is 5.13. The van der Waals surface area contributed by atoms with Crippen LogP contribution in [0.4, 0.5) is 0 Å². The standard InChI is InChI=1S/C11H26N4/c1-5-10(13)6-7-15-11(8(2)12)9(3)14-4/h8,10,14-15H,5-7,12-13H2,1-4H3/b11-9-/t8-,10+/m0/s1. The number of allylic oxidation sites excluding steroid dienone is 1. The molecule has 0 fully saturated rings. The second-order valence-electron chi connectivity index (χ2n) is 3.96. The van der Waals surface area contributed by atoms with Crippen molar-refractivity contribution >= 4 is 0 Å². The Labute approximate surface area is 93.5 Å². The van der Waals surface area contributed by atoms with Gasteiger partial charge in [0.05, 0.1) is 0 Å². The quantitative estimate of drug-likeness (QED) is 0.498. The molecule has 0 aromatic carbocycles. The van der Waals surface area contributed by atoms with Crippen molar-refractivity contribution in [2.75, 3.05) is 13.6 Å². The molecule has 4 heteroatoms. The molecule has 0 aliphatic carbocycles. The predicted molar refractivity (Wildman–Crippen MR) is 66.3 cm³/mol. The van der Waals surface area contributed by atoms with Crippen LogP contribution in [0.15, 0.2) is 11.4 Å². The largest absolute Gasteiger partial charge is 0.390 e. The van der Waals surface area contributed by atoms with Crippen molar-refractivity contribution in [1.82, 2.24) is 10.6 Å². The maximum atomic E-state index is 5.87. The molecule has 0 aromatic heterocycles. The summed E-state index contributed by atoms with van der Waals surface area (Å²) >= 11 is 0. The number of rotatable bonds is 7. The zero-order chi connectivity index (χ0) is 11.8. The van der Waals surface area contributed by atoms with Gasteiger partial charge in [-0.05, 0) is 26.7 Å². The molecule has 2 atom stereocenters. The zero-order valence-electron chi connectivity index (χ0n) is 10.4. The fourth-order valence-corrected chi connectivity index (χ4v) is 1.37. The first-order chi connectivity index (χ1) is 7.02. The van der Waals surface area contributed by atoms with Crippen LogP contribution in [0.5, 0.6) is 0 Å². The summed E-state index contributed by atoms with van der Waals surface area (Å²) in [6, 6.07) is 0.303. The highest BCUT2D eigenvalue weighted by Crippen LogP contribution is 2.01. The van der Waals surface area contributed by atoms with E-state index in [0.29, 0.717) is 0 Å². The average Bonchev–Trinajstić information content (AvgIpc) is 2.22. The number of nitrogens with two attached hydrogens (primary N) is 2. The van der Waals surface area contributed by atoms with E-state index in [1.54, 1.807) is 0 Å². The maximum absolute atomic E-state index is 5.87. The normalized spacial score (nSPS) is 16.7. The molecule has 15 heavy (non-hydrogen) atoms. The van der Waals surface area contributed by atoms with E-state index in [1.807, 2.05) is 20.9 Å². The summed E-state index contributed by atoms with van der Waals surface area (Å²) in [4.78, 5) is 0. The maximum Gasteiger partial charge on any atom is 0.0464 e. The van der Waals surface area contributed by atoms with Gasteiger partial charge in [0.1, 0.15) is 0 Å². The Hall–Kier alpha value is -0.740. The molecule has 0 amide bonds. The summed E-state index contributed by atoms with van der Waals surface area (Å²) in [6.07, 6.45) is 1.99. The Balaban J connectivity index is 4.10. The van der Waals surface area contributed by atoms with Gasteiger partial charge in [-0.15, -0.1) is 0 Å². The molecule has 0 unspecified atom stereocenters. The Kier molecular flexibility index (Phi) is 7.17.